The van der Waals surface area contributed by atoms with Gasteiger partial charge in [0.2, 0.25) is 0 Å². The zero-order valence-electron chi connectivity index (χ0n) is 11.8. The van der Waals surface area contributed by atoms with Crippen LogP contribution in [0.25, 0.3) is 0 Å². The maximum absolute atomic E-state index is 13.4. The summed E-state index contributed by atoms with van der Waals surface area (Å²) >= 11 is 0. The van der Waals surface area contributed by atoms with E-state index >= 15 is 0 Å². The summed E-state index contributed by atoms with van der Waals surface area (Å²) in [5.41, 5.74) is 0.149. The Balaban J connectivity index is 2.32. The summed E-state index contributed by atoms with van der Waals surface area (Å²) in [5, 5.41) is 10.2. The lowest BCUT2D eigenvalue weighted by Gasteiger charge is -2.29. The predicted octanol–water partition coefficient (Wildman–Crippen LogP) is 2.95. The largest absolute Gasteiger partial charge is 0.272 e. The van der Waals surface area contributed by atoms with E-state index in [4.69, 9.17) is 10.1 Å². The van der Waals surface area contributed by atoms with Gasteiger partial charge < -0.3 is 0 Å². The molecule has 1 fully saturated rings. The molecule has 5 heteroatoms. The number of hydroxylamine groups is 2. The second-order valence-electron chi connectivity index (χ2n) is 5.87. The lowest BCUT2D eigenvalue weighted by atomic mass is 9.93. The molecule has 1 heterocycles. The molecule has 0 bridgehead atoms. The molecule has 106 valence electrons. The Labute approximate surface area is 117 Å². The Morgan fingerprint density at radius 3 is 2.80 bits per heavy atom. The third-order valence-electron chi connectivity index (χ3n) is 3.24. The van der Waals surface area contributed by atoms with Gasteiger partial charge >= 0.3 is 0 Å². The van der Waals surface area contributed by atoms with Gasteiger partial charge in [-0.05, 0) is 17.7 Å². The number of amides is 1. The quantitative estimate of drug-likeness (QED) is 0.792. The van der Waals surface area contributed by atoms with Gasteiger partial charge in [0, 0.05) is 11.8 Å². The minimum Gasteiger partial charge on any atom is -0.272 e. The fourth-order valence-corrected chi connectivity index (χ4v) is 2.14. The van der Waals surface area contributed by atoms with Crippen molar-refractivity contribution in [3.63, 3.8) is 0 Å². The molecule has 2 rings (SSSR count). The first-order valence-electron chi connectivity index (χ1n) is 6.50. The molecule has 0 aromatic heterocycles. The Bertz CT molecular complexity index is 572. The molecule has 1 aromatic rings. The average molecular weight is 276 g/mol. The molecule has 0 N–H and O–H groups in total. The van der Waals surface area contributed by atoms with E-state index in [1.807, 2.05) is 26.8 Å². The first-order valence-corrected chi connectivity index (χ1v) is 6.50. The maximum Gasteiger partial charge on any atom is 0.252 e. The normalized spacial score (nSPS) is 18.9. The molecule has 0 radical (unpaired) electrons. The van der Waals surface area contributed by atoms with Crippen molar-refractivity contribution < 1.29 is 14.0 Å². The summed E-state index contributed by atoms with van der Waals surface area (Å²) in [7, 11) is 0. The Morgan fingerprint density at radius 2 is 2.20 bits per heavy atom. The molecule has 1 atom stereocenters. The number of benzene rings is 1. The third-order valence-corrected chi connectivity index (χ3v) is 3.24. The van der Waals surface area contributed by atoms with Crippen LogP contribution in [0.4, 0.5) is 4.39 Å². The highest BCUT2D eigenvalue weighted by molar-refractivity contribution is 5.81. The van der Waals surface area contributed by atoms with Gasteiger partial charge in [-0.3, -0.25) is 9.63 Å². The molecule has 1 aliphatic heterocycles. The molecule has 1 saturated heterocycles. The molecule has 1 aromatic carbocycles. The summed E-state index contributed by atoms with van der Waals surface area (Å²) < 4.78 is 13.4. The molecular weight excluding hydrogens is 259 g/mol. The van der Waals surface area contributed by atoms with Gasteiger partial charge in [-0.25, -0.2) is 9.45 Å². The van der Waals surface area contributed by atoms with Crippen LogP contribution in [0.15, 0.2) is 18.2 Å². The van der Waals surface area contributed by atoms with E-state index in [9.17, 15) is 9.18 Å². The highest BCUT2D eigenvalue weighted by atomic mass is 19.1. The highest BCUT2D eigenvalue weighted by Gasteiger charge is 2.37. The molecule has 0 spiro atoms. The van der Waals surface area contributed by atoms with Gasteiger partial charge in [0.1, 0.15) is 11.9 Å². The van der Waals surface area contributed by atoms with Crippen LogP contribution in [0.3, 0.4) is 0 Å². The predicted molar refractivity (Wildman–Crippen MR) is 70.7 cm³/mol. The van der Waals surface area contributed by atoms with Crippen molar-refractivity contribution in [1.82, 2.24) is 5.06 Å². The van der Waals surface area contributed by atoms with Gasteiger partial charge in [0.15, 0.2) is 0 Å². The molecule has 20 heavy (non-hydrogen) atoms. The minimum absolute atomic E-state index is 0.0162. The molecule has 0 unspecified atom stereocenters. The Hall–Kier alpha value is -1.93. The fourth-order valence-electron chi connectivity index (χ4n) is 2.14. The molecule has 0 aliphatic carbocycles. The van der Waals surface area contributed by atoms with Gasteiger partial charge in [0.05, 0.1) is 18.2 Å². The maximum atomic E-state index is 13.4. The van der Waals surface area contributed by atoms with E-state index in [1.54, 1.807) is 6.07 Å². The van der Waals surface area contributed by atoms with Crippen LogP contribution in [-0.2, 0) is 9.63 Å². The number of hydrogen-bond acceptors (Lipinski definition) is 3. The van der Waals surface area contributed by atoms with Crippen LogP contribution in [0.5, 0.6) is 0 Å². The van der Waals surface area contributed by atoms with Crippen molar-refractivity contribution in [2.45, 2.75) is 33.2 Å². The van der Waals surface area contributed by atoms with Crippen molar-refractivity contribution in [3.8, 4) is 6.07 Å². The second-order valence-corrected chi connectivity index (χ2v) is 5.87. The average Bonchev–Trinajstić information content (AvgIpc) is 2.86. The molecule has 1 amide bonds. The SMILES string of the molecule is CC(C)(C)C(=O)N1OCC[C@H]1c1ccc(F)c(C#N)c1. The number of hydrogen-bond donors (Lipinski definition) is 0. The first kappa shape index (κ1) is 14.5. The van der Waals surface area contributed by atoms with Crippen LogP contribution in [0.1, 0.15) is 44.4 Å². The van der Waals surface area contributed by atoms with Crippen molar-refractivity contribution >= 4 is 5.91 Å². The molecular formula is C15H17FN2O2. The standard InChI is InChI=1S/C15H17FN2O2/c1-15(2,3)14(19)18-13(6-7-20-18)10-4-5-12(16)11(8-10)9-17/h4-5,8,13H,6-7H2,1-3H3/t13-/m0/s1. The summed E-state index contributed by atoms with van der Waals surface area (Å²) in [5.74, 6) is -0.674. The van der Waals surface area contributed by atoms with Crippen LogP contribution >= 0.6 is 0 Å². The number of carbonyl (C=O) groups is 1. The Morgan fingerprint density at radius 1 is 1.50 bits per heavy atom. The van der Waals surface area contributed by atoms with E-state index in [-0.39, 0.29) is 17.5 Å². The van der Waals surface area contributed by atoms with Crippen molar-refractivity contribution in [1.29, 1.82) is 5.26 Å². The first-order chi connectivity index (χ1) is 9.34. The third kappa shape index (κ3) is 2.66. The Kier molecular flexibility index (Phi) is 3.78. The zero-order valence-corrected chi connectivity index (χ0v) is 11.8. The van der Waals surface area contributed by atoms with Gasteiger partial charge in [-0.15, -0.1) is 0 Å². The summed E-state index contributed by atoms with van der Waals surface area (Å²) in [6.45, 7) is 5.89. The highest BCUT2D eigenvalue weighted by Crippen LogP contribution is 2.34. The van der Waals surface area contributed by atoms with Crippen molar-refractivity contribution in [2.24, 2.45) is 5.41 Å². The molecule has 1 aliphatic rings. The smallest absolute Gasteiger partial charge is 0.252 e. The fraction of sp³-hybridized carbons (Fsp3) is 0.467. The molecule has 0 saturated carbocycles. The van der Waals surface area contributed by atoms with Crippen LogP contribution in [0, 0.1) is 22.6 Å². The van der Waals surface area contributed by atoms with E-state index in [2.05, 4.69) is 0 Å². The monoisotopic (exact) mass is 276 g/mol. The van der Waals surface area contributed by atoms with E-state index in [0.29, 0.717) is 13.0 Å². The van der Waals surface area contributed by atoms with Gasteiger partial charge in [0.25, 0.3) is 5.91 Å². The van der Waals surface area contributed by atoms with Crippen molar-refractivity contribution in [2.75, 3.05) is 6.61 Å². The van der Waals surface area contributed by atoms with Crippen LogP contribution in [0.2, 0.25) is 0 Å². The second kappa shape index (κ2) is 5.22. The summed E-state index contributed by atoms with van der Waals surface area (Å²) in [6.07, 6.45) is 0.637. The van der Waals surface area contributed by atoms with Crippen LogP contribution < -0.4 is 0 Å². The number of nitrogens with zero attached hydrogens (tertiary/aromatic N) is 2. The number of carbonyl (C=O) groups excluding carboxylic acids is 1. The molecule has 4 nitrogen and oxygen atoms in total. The van der Waals surface area contributed by atoms with E-state index < -0.39 is 11.2 Å². The van der Waals surface area contributed by atoms with Crippen molar-refractivity contribution in [3.05, 3.63) is 35.1 Å². The summed E-state index contributed by atoms with van der Waals surface area (Å²) in [4.78, 5) is 17.8. The number of nitriles is 1. The lowest BCUT2D eigenvalue weighted by molar-refractivity contribution is -0.186. The summed E-state index contributed by atoms with van der Waals surface area (Å²) in [6, 6.07) is 5.88. The zero-order chi connectivity index (χ0) is 14.9. The van der Waals surface area contributed by atoms with Gasteiger partial charge in [-0.1, -0.05) is 26.8 Å². The van der Waals surface area contributed by atoms with Gasteiger partial charge in [-0.2, -0.15) is 5.26 Å². The number of rotatable bonds is 1. The van der Waals surface area contributed by atoms with E-state index in [0.717, 1.165) is 5.56 Å². The number of halogens is 1. The van der Waals surface area contributed by atoms with Crippen LogP contribution in [-0.4, -0.2) is 17.6 Å². The van der Waals surface area contributed by atoms with E-state index in [1.165, 1.54) is 17.2 Å². The lowest BCUT2D eigenvalue weighted by Crippen LogP contribution is -2.38. The minimum atomic E-state index is -0.555. The topological polar surface area (TPSA) is 53.3 Å².